The zero-order valence-electron chi connectivity index (χ0n) is 10.7. The number of benzene rings is 1. The highest BCUT2D eigenvalue weighted by molar-refractivity contribution is 5.45. The minimum Gasteiger partial charge on any atom is -1.00 e. The molecular formula is C14H18ClN2O-. The van der Waals surface area contributed by atoms with Crippen molar-refractivity contribution >= 4 is 5.69 Å². The molecule has 1 heterocycles. The SMILES string of the molecule is CN(C)c1ccc(CNCc2ccco2)cc1.[Cl-]. The number of hydrogen-bond acceptors (Lipinski definition) is 3. The highest BCUT2D eigenvalue weighted by Gasteiger charge is 1.97. The Labute approximate surface area is 114 Å². The molecule has 1 aromatic carbocycles. The first kappa shape index (κ1) is 14.6. The van der Waals surface area contributed by atoms with E-state index in [0.29, 0.717) is 0 Å². The second kappa shape index (κ2) is 7.09. The molecule has 3 nitrogen and oxygen atoms in total. The maximum Gasteiger partial charge on any atom is 0.117 e. The molecule has 0 fully saturated rings. The summed E-state index contributed by atoms with van der Waals surface area (Å²) in [6, 6.07) is 12.4. The van der Waals surface area contributed by atoms with Crippen molar-refractivity contribution in [2.24, 2.45) is 0 Å². The summed E-state index contributed by atoms with van der Waals surface area (Å²) in [5.41, 5.74) is 2.50. The number of nitrogens with zero attached hydrogens (tertiary/aromatic N) is 1. The Morgan fingerprint density at radius 2 is 1.78 bits per heavy atom. The van der Waals surface area contributed by atoms with Crippen LogP contribution in [0.5, 0.6) is 0 Å². The van der Waals surface area contributed by atoms with Crippen LogP contribution in [0.4, 0.5) is 5.69 Å². The van der Waals surface area contributed by atoms with E-state index in [9.17, 15) is 0 Å². The van der Waals surface area contributed by atoms with Crippen LogP contribution in [0.1, 0.15) is 11.3 Å². The molecule has 0 aliphatic carbocycles. The Morgan fingerprint density at radius 1 is 1.06 bits per heavy atom. The van der Waals surface area contributed by atoms with Gasteiger partial charge in [-0.2, -0.15) is 0 Å². The molecule has 1 aromatic heterocycles. The fraction of sp³-hybridized carbons (Fsp3) is 0.286. The van der Waals surface area contributed by atoms with E-state index < -0.39 is 0 Å². The molecule has 1 N–H and O–H groups in total. The number of furan rings is 1. The van der Waals surface area contributed by atoms with Gasteiger partial charge in [0.15, 0.2) is 0 Å². The van der Waals surface area contributed by atoms with Crippen molar-refractivity contribution in [3.8, 4) is 0 Å². The van der Waals surface area contributed by atoms with E-state index in [1.54, 1.807) is 6.26 Å². The van der Waals surface area contributed by atoms with Crippen molar-refractivity contribution in [3.05, 3.63) is 54.0 Å². The Kier molecular flexibility index (Phi) is 5.75. The van der Waals surface area contributed by atoms with Gasteiger partial charge in [-0.25, -0.2) is 0 Å². The molecule has 0 radical (unpaired) electrons. The summed E-state index contributed by atoms with van der Waals surface area (Å²) in [5, 5.41) is 3.35. The van der Waals surface area contributed by atoms with Crippen molar-refractivity contribution in [2.75, 3.05) is 19.0 Å². The van der Waals surface area contributed by atoms with Crippen LogP contribution < -0.4 is 22.6 Å². The Bertz CT molecular complexity index is 437. The first-order valence-corrected chi connectivity index (χ1v) is 5.75. The molecular weight excluding hydrogens is 248 g/mol. The molecule has 98 valence electrons. The molecule has 4 heteroatoms. The molecule has 0 saturated carbocycles. The molecule has 18 heavy (non-hydrogen) atoms. The maximum atomic E-state index is 5.25. The molecule has 2 aromatic rings. The summed E-state index contributed by atoms with van der Waals surface area (Å²) in [4.78, 5) is 2.10. The molecule has 0 amide bonds. The number of halogens is 1. The third-order valence-electron chi connectivity index (χ3n) is 2.66. The largest absolute Gasteiger partial charge is 1.00 e. The van der Waals surface area contributed by atoms with Gasteiger partial charge in [0.1, 0.15) is 5.76 Å². The lowest BCUT2D eigenvalue weighted by molar-refractivity contribution is -0.00000408. The summed E-state index contributed by atoms with van der Waals surface area (Å²) in [7, 11) is 4.09. The summed E-state index contributed by atoms with van der Waals surface area (Å²) in [5.74, 6) is 0.968. The summed E-state index contributed by atoms with van der Waals surface area (Å²) in [6.45, 7) is 1.62. The topological polar surface area (TPSA) is 28.4 Å². The summed E-state index contributed by atoms with van der Waals surface area (Å²) >= 11 is 0. The predicted octanol–water partition coefficient (Wildman–Crippen LogP) is -0.361. The lowest BCUT2D eigenvalue weighted by Crippen LogP contribution is -3.00. The minimum atomic E-state index is 0. The van der Waals surface area contributed by atoms with Crippen LogP contribution in [-0.2, 0) is 13.1 Å². The van der Waals surface area contributed by atoms with E-state index in [1.807, 2.05) is 26.2 Å². The quantitative estimate of drug-likeness (QED) is 0.801. The monoisotopic (exact) mass is 265 g/mol. The van der Waals surface area contributed by atoms with Crippen LogP contribution >= 0.6 is 0 Å². The second-order valence-electron chi connectivity index (χ2n) is 4.24. The Hall–Kier alpha value is -1.45. The lowest BCUT2D eigenvalue weighted by Gasteiger charge is -2.12. The number of rotatable bonds is 5. The van der Waals surface area contributed by atoms with Crippen molar-refractivity contribution in [1.29, 1.82) is 0 Å². The van der Waals surface area contributed by atoms with E-state index in [1.165, 1.54) is 11.3 Å². The van der Waals surface area contributed by atoms with Gasteiger partial charge in [0.05, 0.1) is 12.8 Å². The Morgan fingerprint density at radius 3 is 2.33 bits per heavy atom. The zero-order chi connectivity index (χ0) is 12.1. The zero-order valence-corrected chi connectivity index (χ0v) is 11.4. The molecule has 0 unspecified atom stereocenters. The van der Waals surface area contributed by atoms with Crippen molar-refractivity contribution < 1.29 is 16.8 Å². The second-order valence-corrected chi connectivity index (χ2v) is 4.24. The molecule has 0 atom stereocenters. The average molecular weight is 266 g/mol. The summed E-state index contributed by atoms with van der Waals surface area (Å²) in [6.07, 6.45) is 1.70. The van der Waals surface area contributed by atoms with Crippen molar-refractivity contribution in [2.45, 2.75) is 13.1 Å². The first-order valence-electron chi connectivity index (χ1n) is 5.75. The van der Waals surface area contributed by atoms with Crippen LogP contribution in [0.2, 0.25) is 0 Å². The highest BCUT2D eigenvalue weighted by atomic mass is 35.5. The lowest BCUT2D eigenvalue weighted by atomic mass is 10.2. The molecule has 0 bridgehead atoms. The molecule has 0 spiro atoms. The average Bonchev–Trinajstić information content (AvgIpc) is 2.83. The third kappa shape index (κ3) is 4.09. The number of hydrogen-bond donors (Lipinski definition) is 1. The normalized spacial score (nSPS) is 9.89. The number of anilines is 1. The standard InChI is InChI=1S/C14H18N2O.ClH/c1-16(2)13-7-5-12(6-8-13)10-15-11-14-4-3-9-17-14;/h3-9,15H,10-11H2,1-2H3;1H/p-1. The van der Waals surface area contributed by atoms with Gasteiger partial charge in [0.25, 0.3) is 0 Å². The van der Waals surface area contributed by atoms with Crippen LogP contribution in [0.25, 0.3) is 0 Å². The molecule has 0 aliphatic heterocycles. The summed E-state index contributed by atoms with van der Waals surface area (Å²) < 4.78 is 5.25. The van der Waals surface area contributed by atoms with Gasteiger partial charge >= 0.3 is 0 Å². The van der Waals surface area contributed by atoms with Crippen LogP contribution in [0.15, 0.2) is 47.1 Å². The maximum absolute atomic E-state index is 5.25. The molecule has 2 rings (SSSR count). The van der Waals surface area contributed by atoms with E-state index in [0.717, 1.165) is 18.8 Å². The van der Waals surface area contributed by atoms with Gasteiger partial charge in [-0.1, -0.05) is 12.1 Å². The van der Waals surface area contributed by atoms with Crippen LogP contribution in [-0.4, -0.2) is 14.1 Å². The van der Waals surface area contributed by atoms with E-state index >= 15 is 0 Å². The van der Waals surface area contributed by atoms with Crippen LogP contribution in [0.3, 0.4) is 0 Å². The van der Waals surface area contributed by atoms with Crippen LogP contribution in [0, 0.1) is 0 Å². The number of nitrogens with one attached hydrogen (secondary N) is 1. The van der Waals surface area contributed by atoms with Gasteiger partial charge in [-0.05, 0) is 29.8 Å². The Balaban J connectivity index is 0.00000162. The first-order chi connectivity index (χ1) is 8.25. The molecule has 0 aliphatic rings. The molecule has 0 saturated heterocycles. The van der Waals surface area contributed by atoms with E-state index in [2.05, 4.69) is 34.5 Å². The smallest absolute Gasteiger partial charge is 0.117 e. The fourth-order valence-electron chi connectivity index (χ4n) is 1.66. The van der Waals surface area contributed by atoms with Gasteiger partial charge in [-0.15, -0.1) is 0 Å². The van der Waals surface area contributed by atoms with Crippen molar-refractivity contribution in [3.63, 3.8) is 0 Å². The highest BCUT2D eigenvalue weighted by Crippen LogP contribution is 2.12. The van der Waals surface area contributed by atoms with E-state index in [-0.39, 0.29) is 12.4 Å². The van der Waals surface area contributed by atoms with E-state index in [4.69, 9.17) is 4.42 Å². The fourth-order valence-corrected chi connectivity index (χ4v) is 1.66. The van der Waals surface area contributed by atoms with Gasteiger partial charge in [0.2, 0.25) is 0 Å². The predicted molar refractivity (Wildman–Crippen MR) is 70.0 cm³/mol. The van der Waals surface area contributed by atoms with Gasteiger partial charge in [0, 0.05) is 26.3 Å². The van der Waals surface area contributed by atoms with Gasteiger partial charge < -0.3 is 27.0 Å². The van der Waals surface area contributed by atoms with Gasteiger partial charge in [-0.3, -0.25) is 0 Å². The minimum absolute atomic E-state index is 0. The third-order valence-corrected chi connectivity index (χ3v) is 2.66. The van der Waals surface area contributed by atoms with Crippen molar-refractivity contribution in [1.82, 2.24) is 5.32 Å².